The Kier molecular flexibility index (Phi) is 38.7. The number of hydrogen-bond acceptors (Lipinski definition) is 5. The molecule has 0 saturated carbocycles. The molecule has 5 nitrogen and oxygen atoms in total. The summed E-state index contributed by atoms with van der Waals surface area (Å²) in [4.78, 5) is 24.2. The van der Waals surface area contributed by atoms with E-state index in [2.05, 4.69) is 111 Å². The molecule has 0 spiro atoms. The molecule has 0 aliphatic carbocycles. The molecule has 0 fully saturated rings. The fourth-order valence-electron chi connectivity index (χ4n) is 5.10. The minimum atomic E-state index is -0.797. The summed E-state index contributed by atoms with van der Waals surface area (Å²) in [6, 6.07) is 0. The van der Waals surface area contributed by atoms with Gasteiger partial charge in [-0.2, -0.15) is 0 Å². The van der Waals surface area contributed by atoms with E-state index in [0.717, 1.165) is 89.9 Å². The lowest BCUT2D eigenvalue weighted by Crippen LogP contribution is -2.28. The SMILES string of the molecule is CC/C=C\C/C=C\C/C=C\C/C=C\C/C=C\C/C=C\C/C=C\C/C=C\CCCCC(=O)OC(CO)COC(=O)CCCCCCCCCCCC. The number of aliphatic hydroxyl groups is 1. The molecule has 0 aromatic carbocycles. The maximum atomic E-state index is 12.2. The molecule has 0 aromatic heterocycles. The molecule has 0 bridgehead atoms. The minimum absolute atomic E-state index is 0.0881. The Balaban J connectivity index is 3.72. The van der Waals surface area contributed by atoms with Crippen LogP contribution < -0.4 is 0 Å². The van der Waals surface area contributed by atoms with Gasteiger partial charge >= 0.3 is 11.9 Å². The number of carbonyl (C=O) groups is 2. The van der Waals surface area contributed by atoms with E-state index in [1.54, 1.807) is 0 Å². The van der Waals surface area contributed by atoms with E-state index in [4.69, 9.17) is 9.47 Å². The minimum Gasteiger partial charge on any atom is -0.462 e. The largest absolute Gasteiger partial charge is 0.462 e. The van der Waals surface area contributed by atoms with E-state index >= 15 is 0 Å². The van der Waals surface area contributed by atoms with Crippen LogP contribution in [0.3, 0.4) is 0 Å². The van der Waals surface area contributed by atoms with Crippen molar-refractivity contribution >= 4 is 11.9 Å². The molecule has 0 aliphatic rings. The molecule has 1 N–H and O–H groups in total. The Hall–Kier alpha value is -3.18. The van der Waals surface area contributed by atoms with Gasteiger partial charge in [0.15, 0.2) is 6.10 Å². The predicted octanol–water partition coefficient (Wildman–Crippen LogP) is 12.9. The van der Waals surface area contributed by atoms with Crippen LogP contribution in [0.5, 0.6) is 0 Å². The second-order valence-corrected chi connectivity index (χ2v) is 13.0. The van der Waals surface area contributed by atoms with Gasteiger partial charge in [-0.25, -0.2) is 0 Å². The van der Waals surface area contributed by atoms with Gasteiger partial charge in [-0.05, 0) is 77.0 Å². The Morgan fingerprint density at radius 2 is 0.843 bits per heavy atom. The van der Waals surface area contributed by atoms with Crippen molar-refractivity contribution in [2.24, 2.45) is 0 Å². The van der Waals surface area contributed by atoms with Gasteiger partial charge in [0.2, 0.25) is 0 Å². The first kappa shape index (κ1) is 47.8. The van der Waals surface area contributed by atoms with E-state index < -0.39 is 6.10 Å². The van der Waals surface area contributed by atoms with Crippen LogP contribution in [0.1, 0.15) is 162 Å². The van der Waals surface area contributed by atoms with Crippen LogP contribution >= 0.6 is 0 Å². The number of unbranched alkanes of at least 4 members (excludes halogenated alkanes) is 11. The quantitative estimate of drug-likeness (QED) is 0.0403. The van der Waals surface area contributed by atoms with Gasteiger partial charge in [0.1, 0.15) is 6.61 Å². The van der Waals surface area contributed by atoms with Gasteiger partial charge in [-0.3, -0.25) is 9.59 Å². The Bertz CT molecular complexity index is 1030. The Morgan fingerprint density at radius 1 is 0.471 bits per heavy atom. The summed E-state index contributed by atoms with van der Waals surface area (Å²) in [7, 11) is 0. The van der Waals surface area contributed by atoms with Crippen molar-refractivity contribution in [3.8, 4) is 0 Å². The predicted molar refractivity (Wildman–Crippen MR) is 219 cm³/mol. The maximum absolute atomic E-state index is 12.2. The summed E-state index contributed by atoms with van der Waals surface area (Å²) < 4.78 is 10.5. The molecule has 51 heavy (non-hydrogen) atoms. The molecule has 0 aromatic rings. The van der Waals surface area contributed by atoms with Crippen LogP contribution in [0.25, 0.3) is 0 Å². The summed E-state index contributed by atoms with van der Waals surface area (Å²) >= 11 is 0. The molecule has 0 radical (unpaired) electrons. The second-order valence-electron chi connectivity index (χ2n) is 13.0. The van der Waals surface area contributed by atoms with E-state index in [-0.39, 0.29) is 25.2 Å². The Labute approximate surface area is 313 Å². The number of ether oxygens (including phenoxy) is 2. The average Bonchev–Trinajstić information content (AvgIpc) is 3.13. The Morgan fingerprint density at radius 3 is 1.27 bits per heavy atom. The smallest absolute Gasteiger partial charge is 0.306 e. The molecule has 0 amide bonds. The maximum Gasteiger partial charge on any atom is 0.306 e. The van der Waals surface area contributed by atoms with Gasteiger partial charge in [0.05, 0.1) is 6.61 Å². The van der Waals surface area contributed by atoms with Gasteiger partial charge in [0.25, 0.3) is 0 Å². The first-order valence-corrected chi connectivity index (χ1v) is 20.3. The highest BCUT2D eigenvalue weighted by Crippen LogP contribution is 2.12. The molecular weight excluding hydrogens is 633 g/mol. The molecule has 0 saturated heterocycles. The van der Waals surface area contributed by atoms with Crippen LogP contribution in [-0.2, 0) is 19.1 Å². The lowest BCUT2D eigenvalue weighted by Gasteiger charge is -2.15. The number of allylic oxidation sites excluding steroid dienone is 16. The van der Waals surface area contributed by atoms with Crippen molar-refractivity contribution in [3.05, 3.63) is 97.2 Å². The normalized spacial score (nSPS) is 13.2. The summed E-state index contributed by atoms with van der Waals surface area (Å²) in [5.41, 5.74) is 0. The highest BCUT2D eigenvalue weighted by molar-refractivity contribution is 5.70. The van der Waals surface area contributed by atoms with Crippen LogP contribution in [-0.4, -0.2) is 36.4 Å². The molecule has 1 unspecified atom stereocenters. The van der Waals surface area contributed by atoms with Gasteiger partial charge in [0, 0.05) is 12.8 Å². The standard InChI is InChI=1S/C46H74O5/c1-3-5-7-9-11-13-15-16-17-18-19-20-21-22-23-24-25-26-27-28-29-30-31-33-35-37-39-41-46(49)51-44(42-47)43-50-45(48)40-38-36-34-32-14-12-10-8-6-4-2/h5,7,11,13,16-17,19-20,22-23,25-26,28-29,31,33,44,47H,3-4,6,8-10,12,14-15,18,21,24,27,30,32,34-43H2,1-2H3/b7-5-,13-11-,17-16-,20-19-,23-22-,26-25-,29-28-,33-31-. The second kappa shape index (κ2) is 41.2. The summed E-state index contributed by atoms with van der Waals surface area (Å²) in [5.74, 6) is -0.652. The van der Waals surface area contributed by atoms with E-state index in [9.17, 15) is 14.7 Å². The van der Waals surface area contributed by atoms with Crippen molar-refractivity contribution in [2.45, 2.75) is 168 Å². The zero-order valence-electron chi connectivity index (χ0n) is 32.6. The van der Waals surface area contributed by atoms with Crippen molar-refractivity contribution in [3.63, 3.8) is 0 Å². The molecule has 288 valence electrons. The van der Waals surface area contributed by atoms with Crippen molar-refractivity contribution in [1.82, 2.24) is 0 Å². The summed E-state index contributed by atoms with van der Waals surface area (Å²) in [5, 5.41) is 9.53. The van der Waals surface area contributed by atoms with Crippen molar-refractivity contribution < 1.29 is 24.2 Å². The third-order valence-electron chi connectivity index (χ3n) is 8.14. The van der Waals surface area contributed by atoms with Crippen molar-refractivity contribution in [2.75, 3.05) is 13.2 Å². The average molecular weight is 707 g/mol. The monoisotopic (exact) mass is 707 g/mol. The topological polar surface area (TPSA) is 72.8 Å². The van der Waals surface area contributed by atoms with Crippen LogP contribution in [0.4, 0.5) is 0 Å². The van der Waals surface area contributed by atoms with E-state index in [1.165, 1.54) is 44.9 Å². The summed E-state index contributed by atoms with van der Waals surface area (Å²) in [6.07, 6.45) is 57.6. The zero-order valence-corrected chi connectivity index (χ0v) is 32.6. The van der Waals surface area contributed by atoms with Crippen LogP contribution in [0, 0.1) is 0 Å². The number of carbonyl (C=O) groups excluding carboxylic acids is 2. The lowest BCUT2D eigenvalue weighted by atomic mass is 10.1. The molecule has 5 heteroatoms. The van der Waals surface area contributed by atoms with E-state index in [0.29, 0.717) is 12.8 Å². The zero-order chi connectivity index (χ0) is 37.1. The van der Waals surface area contributed by atoms with E-state index in [1.807, 2.05) is 0 Å². The number of hydrogen-bond donors (Lipinski definition) is 1. The fourth-order valence-corrected chi connectivity index (χ4v) is 5.10. The van der Waals surface area contributed by atoms with Crippen LogP contribution in [0.15, 0.2) is 97.2 Å². The third kappa shape index (κ3) is 39.5. The first-order chi connectivity index (χ1) is 25.1. The van der Waals surface area contributed by atoms with Gasteiger partial charge in [-0.1, -0.05) is 169 Å². The molecule has 0 aliphatic heterocycles. The molecular formula is C46H74O5. The highest BCUT2D eigenvalue weighted by Gasteiger charge is 2.16. The molecule has 1 atom stereocenters. The number of esters is 2. The van der Waals surface area contributed by atoms with Gasteiger partial charge in [-0.15, -0.1) is 0 Å². The number of rotatable bonds is 35. The highest BCUT2D eigenvalue weighted by atomic mass is 16.6. The first-order valence-electron chi connectivity index (χ1n) is 20.3. The number of aliphatic hydroxyl groups excluding tert-OH is 1. The van der Waals surface area contributed by atoms with Crippen molar-refractivity contribution in [1.29, 1.82) is 0 Å². The van der Waals surface area contributed by atoms with Crippen LogP contribution in [0.2, 0.25) is 0 Å². The fraction of sp³-hybridized carbons (Fsp3) is 0.609. The third-order valence-corrected chi connectivity index (χ3v) is 8.14. The molecule has 0 heterocycles. The lowest BCUT2D eigenvalue weighted by molar-refractivity contribution is -0.161. The van der Waals surface area contributed by atoms with Gasteiger partial charge < -0.3 is 14.6 Å². The summed E-state index contributed by atoms with van der Waals surface area (Å²) in [6.45, 7) is 3.95. The molecule has 0 rings (SSSR count).